The van der Waals surface area contributed by atoms with Gasteiger partial charge in [0.2, 0.25) is 5.52 Å². The van der Waals surface area contributed by atoms with Gasteiger partial charge in [-0.2, -0.15) is 4.98 Å². The van der Waals surface area contributed by atoms with E-state index < -0.39 is 0 Å². The van der Waals surface area contributed by atoms with Crippen molar-refractivity contribution in [3.63, 3.8) is 0 Å². The van der Waals surface area contributed by atoms with Crippen LogP contribution in [0.4, 0.5) is 5.82 Å². The van der Waals surface area contributed by atoms with E-state index >= 15 is 0 Å². The molecule has 2 aliphatic carbocycles. The lowest BCUT2D eigenvalue weighted by Crippen LogP contribution is -3.00. The maximum absolute atomic E-state index is 6.05. The number of aromatic nitrogens is 4. The Morgan fingerprint density at radius 2 is 2.06 bits per heavy atom. The molecule has 0 amide bonds. The molecule has 1 fully saturated rings. The van der Waals surface area contributed by atoms with E-state index in [1.807, 2.05) is 11.6 Å². The van der Waals surface area contributed by atoms with Gasteiger partial charge >= 0.3 is 5.65 Å². The first-order valence-electron chi connectivity index (χ1n) is 11.9. The Bertz CT molecular complexity index is 1040. The van der Waals surface area contributed by atoms with E-state index in [0.29, 0.717) is 16.6 Å². The summed E-state index contributed by atoms with van der Waals surface area (Å²) in [5, 5.41) is 0. The molecule has 5 nitrogen and oxygen atoms in total. The van der Waals surface area contributed by atoms with Crippen molar-refractivity contribution in [2.24, 2.45) is 29.7 Å². The third-order valence-electron chi connectivity index (χ3n) is 9.06. The lowest BCUT2D eigenvalue weighted by Gasteiger charge is -2.58. The summed E-state index contributed by atoms with van der Waals surface area (Å²) in [5.74, 6) is 2.12. The van der Waals surface area contributed by atoms with Gasteiger partial charge in [0.15, 0.2) is 18.5 Å². The fourth-order valence-electron chi connectivity index (χ4n) is 6.54. The molecule has 2 N–H and O–H groups in total. The molecule has 2 aromatic rings. The molecule has 0 bridgehead atoms. The van der Waals surface area contributed by atoms with E-state index in [4.69, 9.17) is 5.73 Å². The van der Waals surface area contributed by atoms with Crippen molar-refractivity contribution in [3.05, 3.63) is 36.0 Å². The third-order valence-corrected chi connectivity index (χ3v) is 9.06. The highest BCUT2D eigenvalue weighted by Gasteiger charge is 2.52. The van der Waals surface area contributed by atoms with Crippen LogP contribution in [-0.4, -0.2) is 14.5 Å². The van der Waals surface area contributed by atoms with Crippen molar-refractivity contribution < 1.29 is 17.0 Å². The lowest BCUT2D eigenvalue weighted by molar-refractivity contribution is -0.663. The minimum atomic E-state index is 0. The van der Waals surface area contributed by atoms with E-state index in [1.165, 1.54) is 44.1 Å². The van der Waals surface area contributed by atoms with Gasteiger partial charge in [-0.25, -0.2) is 4.57 Å². The van der Waals surface area contributed by atoms with Gasteiger partial charge in [0, 0.05) is 0 Å². The van der Waals surface area contributed by atoms with E-state index in [-0.39, 0.29) is 12.4 Å². The summed E-state index contributed by atoms with van der Waals surface area (Å²) in [6.07, 6.45) is 16.2. The van der Waals surface area contributed by atoms with Crippen LogP contribution in [0.2, 0.25) is 0 Å². The molecule has 1 saturated carbocycles. The second kappa shape index (κ2) is 9.17. The molecule has 176 valence electrons. The molecule has 32 heavy (non-hydrogen) atoms. The number of aryl methyl sites for hydroxylation is 1. The highest BCUT2D eigenvalue weighted by Crippen LogP contribution is 2.61. The van der Waals surface area contributed by atoms with Crippen molar-refractivity contribution in [2.45, 2.75) is 79.7 Å². The zero-order valence-electron chi connectivity index (χ0n) is 20.7. The number of nitrogens with zero attached hydrogens (tertiary/aromatic N) is 4. The number of fused-ring (bicyclic) bond motifs is 2. The number of halogens is 1. The highest BCUT2D eigenvalue weighted by atomic mass is 35.5. The molecule has 6 heteroatoms. The van der Waals surface area contributed by atoms with Crippen molar-refractivity contribution in [3.8, 4) is 0 Å². The molecule has 0 aliphatic heterocycles. The number of anilines is 1. The van der Waals surface area contributed by atoms with Gasteiger partial charge in [-0.1, -0.05) is 49.1 Å². The molecule has 0 aromatic carbocycles. The number of rotatable bonds is 5. The summed E-state index contributed by atoms with van der Waals surface area (Å²) in [7, 11) is 2.00. The molecule has 2 unspecified atom stereocenters. The van der Waals surface area contributed by atoms with Crippen molar-refractivity contribution in [1.82, 2.24) is 14.5 Å². The Kier molecular flexibility index (Phi) is 7.09. The fourth-order valence-corrected chi connectivity index (χ4v) is 6.54. The maximum atomic E-state index is 6.05. The topological polar surface area (TPSA) is 60.6 Å². The van der Waals surface area contributed by atoms with Gasteiger partial charge in [-0.3, -0.25) is 4.57 Å². The molecule has 0 radical (unpaired) electrons. The highest BCUT2D eigenvalue weighted by molar-refractivity contribution is 5.78. The minimum Gasteiger partial charge on any atom is -1.00 e. The number of nitrogens with two attached hydrogens (primary N) is 1. The molecule has 2 aliphatic rings. The summed E-state index contributed by atoms with van der Waals surface area (Å²) in [5.41, 5.74) is 11.8. The molecule has 0 spiro atoms. The van der Waals surface area contributed by atoms with Crippen LogP contribution in [0.1, 0.15) is 73.1 Å². The average molecular weight is 458 g/mol. The number of hydrogen-bond donors (Lipinski definition) is 1. The fraction of sp³-hybridized carbons (Fsp3) is 0.654. The summed E-state index contributed by atoms with van der Waals surface area (Å²) in [6, 6.07) is 0. The normalized spacial score (nSPS) is 30.6. The van der Waals surface area contributed by atoms with Gasteiger partial charge in [-0.15, -0.1) is 0 Å². The zero-order valence-corrected chi connectivity index (χ0v) is 21.4. The third kappa shape index (κ3) is 4.09. The number of imidazole rings is 1. The van der Waals surface area contributed by atoms with Crippen LogP contribution in [0.3, 0.4) is 0 Å². The molecular weight excluding hydrogens is 418 g/mol. The van der Waals surface area contributed by atoms with Crippen LogP contribution in [-0.2, 0) is 13.6 Å². The molecule has 4 rings (SSSR count). The monoisotopic (exact) mass is 457 g/mol. The minimum absolute atomic E-state index is 0. The molecule has 4 atom stereocenters. The Balaban J connectivity index is 0.00000289. The van der Waals surface area contributed by atoms with Crippen LogP contribution >= 0.6 is 0 Å². The first-order chi connectivity index (χ1) is 14.7. The van der Waals surface area contributed by atoms with Crippen LogP contribution < -0.4 is 22.7 Å². The van der Waals surface area contributed by atoms with Crippen LogP contribution in [0, 0.1) is 22.7 Å². The van der Waals surface area contributed by atoms with Crippen molar-refractivity contribution >= 4 is 17.0 Å². The summed E-state index contributed by atoms with van der Waals surface area (Å²) >= 11 is 0. The van der Waals surface area contributed by atoms with Crippen LogP contribution in [0.15, 0.2) is 36.0 Å². The Morgan fingerprint density at radius 3 is 2.81 bits per heavy atom. The average Bonchev–Trinajstić information content (AvgIpc) is 3.07. The van der Waals surface area contributed by atoms with E-state index in [9.17, 15) is 0 Å². The second-order valence-electron chi connectivity index (χ2n) is 10.7. The van der Waals surface area contributed by atoms with Gasteiger partial charge in [0.1, 0.15) is 0 Å². The Morgan fingerprint density at radius 1 is 1.31 bits per heavy atom. The Hall–Kier alpha value is -1.88. The molecule has 2 heterocycles. The molecule has 2 aromatic heterocycles. The van der Waals surface area contributed by atoms with Gasteiger partial charge < -0.3 is 18.1 Å². The SMILES string of the molecule is CC1=CCC[C@@H]2C1(C)CCC(C)[C@@]2(C)CC/C(C)=C/C[n+]1cn(C)c2c(N)ncnc21.[Cl-]. The number of allylic oxidation sites excluding steroid dienone is 4. The largest absolute Gasteiger partial charge is 1.00 e. The predicted octanol–water partition coefficient (Wildman–Crippen LogP) is 2.37. The zero-order chi connectivity index (χ0) is 22.4. The number of hydrogen-bond acceptors (Lipinski definition) is 3. The standard InChI is InChI=1S/C26H40N5.ClH/c1-18(12-15-31-17-30(6)22-23(27)28-16-29-24(22)31)10-13-25(4)20(3)11-14-26(5)19(2)8-7-9-21(25)26;/h8,12,16-17,20-21H,7,9-11,13-15H2,1-6H3,(H2,27,28,29);1H/q+1;/p-1/b18-12+;/t20?,21-,25+,26?;/m0./s1. The smallest absolute Gasteiger partial charge is 0.307 e. The summed E-state index contributed by atoms with van der Waals surface area (Å²) < 4.78 is 4.17. The second-order valence-corrected chi connectivity index (χ2v) is 10.7. The van der Waals surface area contributed by atoms with Gasteiger partial charge in [0.05, 0.1) is 13.6 Å². The number of nitrogen functional groups attached to an aromatic ring is 1. The van der Waals surface area contributed by atoms with Crippen LogP contribution in [0.25, 0.3) is 11.2 Å². The summed E-state index contributed by atoms with van der Waals surface area (Å²) in [6.45, 7) is 13.1. The lowest BCUT2D eigenvalue weighted by atomic mass is 9.47. The molecular formula is C26H40ClN5. The quantitative estimate of drug-likeness (QED) is 0.553. The predicted molar refractivity (Wildman–Crippen MR) is 127 cm³/mol. The van der Waals surface area contributed by atoms with E-state index in [1.54, 1.807) is 11.9 Å². The van der Waals surface area contributed by atoms with Crippen molar-refractivity contribution in [2.75, 3.05) is 5.73 Å². The van der Waals surface area contributed by atoms with E-state index in [2.05, 4.69) is 67.6 Å². The van der Waals surface area contributed by atoms with Gasteiger partial charge in [0.25, 0.3) is 0 Å². The van der Waals surface area contributed by atoms with Crippen molar-refractivity contribution in [1.29, 1.82) is 0 Å². The van der Waals surface area contributed by atoms with Crippen LogP contribution in [0.5, 0.6) is 0 Å². The molecule has 0 saturated heterocycles. The maximum Gasteiger partial charge on any atom is 0.307 e. The van der Waals surface area contributed by atoms with Gasteiger partial charge in [-0.05, 0) is 75.0 Å². The first kappa shape index (κ1) is 24.8. The first-order valence-corrected chi connectivity index (χ1v) is 11.9. The summed E-state index contributed by atoms with van der Waals surface area (Å²) in [4.78, 5) is 8.59. The Labute approximate surface area is 199 Å². The van der Waals surface area contributed by atoms with E-state index in [0.717, 1.165) is 29.5 Å².